The number of aryl methyl sites for hydroxylation is 2. The van der Waals surface area contributed by atoms with Crippen LogP contribution in [0, 0.1) is 0 Å². The molecular weight excluding hydrogens is 346 g/mol. The molecule has 0 saturated heterocycles. The Morgan fingerprint density at radius 2 is 1.42 bits per heavy atom. The summed E-state index contributed by atoms with van der Waals surface area (Å²) >= 11 is 5.98. The van der Waals surface area contributed by atoms with Crippen LogP contribution in [-0.2, 0) is 12.8 Å². The fraction of sp³-hybridized carbons (Fsp3) is 0.200. The number of hydrogen-bond donors (Lipinski definition) is 3. The lowest BCUT2D eigenvalue weighted by molar-refractivity contribution is 0.723. The van der Waals surface area contributed by atoms with Gasteiger partial charge in [0.2, 0.25) is 5.95 Å². The van der Waals surface area contributed by atoms with E-state index in [0.29, 0.717) is 10.8 Å². The number of halogens is 1. The molecule has 3 aromatic rings. The van der Waals surface area contributed by atoms with Crippen molar-refractivity contribution in [1.82, 2.24) is 9.97 Å². The smallest absolute Gasteiger partial charge is 0.222 e. The summed E-state index contributed by atoms with van der Waals surface area (Å²) in [5.74, 6) is 0.599. The minimum atomic E-state index is 0.203. The molecule has 0 bridgehead atoms. The number of nitrogens with two attached hydrogens (primary N) is 3. The number of aromatic nitrogens is 2. The summed E-state index contributed by atoms with van der Waals surface area (Å²) in [5.41, 5.74) is 22.4. The summed E-state index contributed by atoms with van der Waals surface area (Å²) in [7, 11) is 0. The van der Waals surface area contributed by atoms with Crippen LogP contribution in [0.3, 0.4) is 0 Å². The molecule has 2 aromatic carbocycles. The Bertz CT molecular complexity index is 876. The van der Waals surface area contributed by atoms with E-state index in [1.807, 2.05) is 36.4 Å². The Morgan fingerprint density at radius 1 is 0.769 bits per heavy atom. The molecule has 5 nitrogen and oxygen atoms in total. The van der Waals surface area contributed by atoms with Gasteiger partial charge < -0.3 is 17.2 Å². The van der Waals surface area contributed by atoms with E-state index in [4.69, 9.17) is 28.8 Å². The zero-order valence-corrected chi connectivity index (χ0v) is 15.2. The van der Waals surface area contributed by atoms with Gasteiger partial charge in [0.15, 0.2) is 0 Å². The first-order valence-corrected chi connectivity index (χ1v) is 8.93. The third kappa shape index (κ3) is 4.43. The van der Waals surface area contributed by atoms with E-state index in [-0.39, 0.29) is 5.95 Å². The summed E-state index contributed by atoms with van der Waals surface area (Å²) in [6.07, 6.45) is 3.78. The number of nitrogen functional groups attached to an aromatic ring is 3. The summed E-state index contributed by atoms with van der Waals surface area (Å²) in [4.78, 5) is 8.54. The first-order chi connectivity index (χ1) is 12.5. The van der Waals surface area contributed by atoms with Crippen LogP contribution in [-0.4, -0.2) is 9.97 Å². The van der Waals surface area contributed by atoms with Crippen LogP contribution < -0.4 is 17.2 Å². The molecular formula is C20H22ClN5. The minimum Gasteiger partial charge on any atom is -0.399 e. The minimum absolute atomic E-state index is 0.203. The van der Waals surface area contributed by atoms with Gasteiger partial charge in [0, 0.05) is 16.3 Å². The molecule has 1 heterocycles. The van der Waals surface area contributed by atoms with Crippen molar-refractivity contribution in [2.24, 2.45) is 0 Å². The molecule has 6 N–H and O–H groups in total. The van der Waals surface area contributed by atoms with Gasteiger partial charge in [-0.1, -0.05) is 35.9 Å². The maximum atomic E-state index is 6.13. The van der Waals surface area contributed by atoms with Crippen molar-refractivity contribution in [1.29, 1.82) is 0 Å². The van der Waals surface area contributed by atoms with Crippen molar-refractivity contribution in [3.05, 3.63) is 64.8 Å². The molecule has 0 saturated carbocycles. The standard InChI is InChI=1S/C20H22ClN5/c21-15-9-7-14(8-10-15)18-17(25-20(24)26-19(18)23)4-2-1-3-13-5-11-16(22)12-6-13/h5-12H,1-4,22H2,(H4,23,24,25,26). The van der Waals surface area contributed by atoms with Gasteiger partial charge >= 0.3 is 0 Å². The third-order valence-corrected chi connectivity index (χ3v) is 4.52. The highest BCUT2D eigenvalue weighted by Gasteiger charge is 2.13. The SMILES string of the molecule is Nc1ccc(CCCCc2nc(N)nc(N)c2-c2ccc(Cl)cc2)cc1. The average molecular weight is 368 g/mol. The molecule has 3 rings (SSSR count). The maximum Gasteiger partial charge on any atom is 0.222 e. The average Bonchev–Trinajstić information content (AvgIpc) is 2.61. The van der Waals surface area contributed by atoms with E-state index in [1.54, 1.807) is 0 Å². The monoisotopic (exact) mass is 367 g/mol. The van der Waals surface area contributed by atoms with Gasteiger partial charge in [0.25, 0.3) is 0 Å². The number of unbranched alkanes of at least 4 members (excludes halogenated alkanes) is 1. The molecule has 6 heteroatoms. The molecule has 0 aliphatic carbocycles. The van der Waals surface area contributed by atoms with E-state index >= 15 is 0 Å². The molecule has 0 fully saturated rings. The lowest BCUT2D eigenvalue weighted by Crippen LogP contribution is -2.07. The molecule has 0 atom stereocenters. The fourth-order valence-corrected chi connectivity index (χ4v) is 3.09. The van der Waals surface area contributed by atoms with E-state index in [9.17, 15) is 0 Å². The second-order valence-corrected chi connectivity index (χ2v) is 6.68. The van der Waals surface area contributed by atoms with Crippen molar-refractivity contribution in [3.8, 4) is 11.1 Å². The van der Waals surface area contributed by atoms with Crippen LogP contribution in [0.1, 0.15) is 24.1 Å². The van der Waals surface area contributed by atoms with Crippen LogP contribution >= 0.6 is 11.6 Å². The van der Waals surface area contributed by atoms with Crippen LogP contribution in [0.5, 0.6) is 0 Å². The maximum absolute atomic E-state index is 6.13. The van der Waals surface area contributed by atoms with E-state index in [1.165, 1.54) is 5.56 Å². The number of anilines is 3. The Morgan fingerprint density at radius 3 is 2.12 bits per heavy atom. The van der Waals surface area contributed by atoms with Gasteiger partial charge in [-0.2, -0.15) is 4.98 Å². The Labute approximate surface area is 158 Å². The van der Waals surface area contributed by atoms with Crippen LogP contribution in [0.2, 0.25) is 5.02 Å². The van der Waals surface area contributed by atoms with Gasteiger partial charge in [-0.3, -0.25) is 0 Å². The molecule has 134 valence electrons. The van der Waals surface area contributed by atoms with Crippen molar-refractivity contribution in [2.45, 2.75) is 25.7 Å². The first kappa shape index (κ1) is 18.0. The lowest BCUT2D eigenvalue weighted by Gasteiger charge is -2.12. The number of hydrogen-bond acceptors (Lipinski definition) is 5. The summed E-state index contributed by atoms with van der Waals surface area (Å²) in [5, 5.41) is 0.675. The van der Waals surface area contributed by atoms with Crippen LogP contribution in [0.15, 0.2) is 48.5 Å². The summed E-state index contributed by atoms with van der Waals surface area (Å²) < 4.78 is 0. The number of rotatable bonds is 6. The summed E-state index contributed by atoms with van der Waals surface area (Å²) in [6, 6.07) is 15.5. The molecule has 0 radical (unpaired) electrons. The summed E-state index contributed by atoms with van der Waals surface area (Å²) in [6.45, 7) is 0. The van der Waals surface area contributed by atoms with E-state index < -0.39 is 0 Å². The normalized spacial score (nSPS) is 10.8. The highest BCUT2D eigenvalue weighted by Crippen LogP contribution is 2.30. The first-order valence-electron chi connectivity index (χ1n) is 8.55. The van der Waals surface area contributed by atoms with Crippen LogP contribution in [0.25, 0.3) is 11.1 Å². The second kappa shape index (κ2) is 8.06. The fourth-order valence-electron chi connectivity index (χ4n) is 2.96. The Kier molecular flexibility index (Phi) is 5.58. The highest BCUT2D eigenvalue weighted by atomic mass is 35.5. The zero-order valence-electron chi connectivity index (χ0n) is 14.5. The molecule has 1 aromatic heterocycles. The quantitative estimate of drug-likeness (QED) is 0.449. The molecule has 0 aliphatic heterocycles. The van der Waals surface area contributed by atoms with E-state index in [2.05, 4.69) is 22.1 Å². The van der Waals surface area contributed by atoms with Crippen molar-refractivity contribution in [2.75, 3.05) is 17.2 Å². The van der Waals surface area contributed by atoms with E-state index in [0.717, 1.165) is 48.2 Å². The topological polar surface area (TPSA) is 104 Å². The molecule has 0 spiro atoms. The van der Waals surface area contributed by atoms with Gasteiger partial charge in [-0.05, 0) is 61.1 Å². The third-order valence-electron chi connectivity index (χ3n) is 4.27. The lowest BCUT2D eigenvalue weighted by atomic mass is 10.00. The number of nitrogens with zero attached hydrogens (tertiary/aromatic N) is 2. The van der Waals surface area contributed by atoms with Crippen LogP contribution in [0.4, 0.5) is 17.5 Å². The molecule has 26 heavy (non-hydrogen) atoms. The van der Waals surface area contributed by atoms with Gasteiger partial charge in [-0.15, -0.1) is 0 Å². The molecule has 0 amide bonds. The second-order valence-electron chi connectivity index (χ2n) is 6.24. The predicted molar refractivity (Wildman–Crippen MR) is 109 cm³/mol. The van der Waals surface area contributed by atoms with Crippen molar-refractivity contribution < 1.29 is 0 Å². The molecule has 0 unspecified atom stereocenters. The Balaban J connectivity index is 1.72. The zero-order chi connectivity index (χ0) is 18.5. The molecule has 0 aliphatic rings. The Hall–Kier alpha value is -2.79. The number of benzene rings is 2. The van der Waals surface area contributed by atoms with Gasteiger partial charge in [-0.25, -0.2) is 4.98 Å². The van der Waals surface area contributed by atoms with Crippen molar-refractivity contribution in [3.63, 3.8) is 0 Å². The largest absolute Gasteiger partial charge is 0.399 e. The van der Waals surface area contributed by atoms with Crippen molar-refractivity contribution >= 4 is 29.1 Å². The van der Waals surface area contributed by atoms with Gasteiger partial charge in [0.1, 0.15) is 5.82 Å². The highest BCUT2D eigenvalue weighted by molar-refractivity contribution is 6.30. The van der Waals surface area contributed by atoms with Gasteiger partial charge in [0.05, 0.1) is 5.69 Å². The predicted octanol–water partition coefficient (Wildman–Crippen LogP) is 4.11.